The average Bonchev–Trinajstić information content (AvgIpc) is 3.28. The van der Waals surface area contributed by atoms with Crippen LogP contribution in [0.1, 0.15) is 104 Å². The second-order valence-corrected chi connectivity index (χ2v) is 15.6. The van der Waals surface area contributed by atoms with Gasteiger partial charge in [0.05, 0.1) is 11.3 Å². The van der Waals surface area contributed by atoms with E-state index in [1.165, 1.54) is 11.1 Å². The number of hydrogen-bond donors (Lipinski definition) is 2. The Morgan fingerprint density at radius 1 is 1.07 bits per heavy atom. The first-order valence-electron chi connectivity index (χ1n) is 17.0. The maximum Gasteiger partial charge on any atom is 0.260 e. The Hall–Kier alpha value is -2.62. The number of benzene rings is 1. The number of nitrogens with one attached hydrogen (secondary N) is 1. The molecule has 6 nitrogen and oxygen atoms in total. The van der Waals surface area contributed by atoms with E-state index in [-0.39, 0.29) is 34.4 Å². The molecule has 44 heavy (non-hydrogen) atoms. The van der Waals surface area contributed by atoms with Crippen LogP contribution in [0.2, 0.25) is 0 Å². The Balaban J connectivity index is 1.03. The fraction of sp³-hybridized carbons (Fsp3) is 0.684. The number of terminal acetylenes is 1. The third-order valence-electron chi connectivity index (χ3n) is 12.9. The Morgan fingerprint density at radius 2 is 1.84 bits per heavy atom. The molecule has 6 rings (SSSR count). The number of rotatable bonds is 7. The van der Waals surface area contributed by atoms with Crippen molar-refractivity contribution in [3.05, 3.63) is 47.5 Å². The summed E-state index contributed by atoms with van der Waals surface area (Å²) in [6.45, 7) is 10.3. The fourth-order valence-electron chi connectivity index (χ4n) is 10.4. The van der Waals surface area contributed by atoms with Crippen molar-refractivity contribution in [3.63, 3.8) is 0 Å². The molecule has 3 saturated carbocycles. The lowest BCUT2D eigenvalue weighted by Crippen LogP contribution is -2.54. The van der Waals surface area contributed by atoms with Gasteiger partial charge in [0, 0.05) is 24.0 Å². The van der Waals surface area contributed by atoms with Gasteiger partial charge in [0.1, 0.15) is 5.60 Å². The van der Waals surface area contributed by atoms with Gasteiger partial charge in [0.2, 0.25) is 0 Å². The highest BCUT2D eigenvalue weighted by atomic mass is 16.6. The number of carbonyl (C=O) groups is 1. The molecule has 1 aliphatic heterocycles. The molecule has 6 heteroatoms. The fourth-order valence-corrected chi connectivity index (χ4v) is 10.4. The summed E-state index contributed by atoms with van der Waals surface area (Å²) in [5, 5.41) is 18.8. The molecule has 4 fully saturated rings. The molecular weight excluding hydrogens is 548 g/mol. The highest BCUT2D eigenvalue weighted by Crippen LogP contribution is 2.67. The molecule has 1 aromatic rings. The molecule has 1 aromatic carbocycles. The van der Waals surface area contributed by atoms with Crippen molar-refractivity contribution < 1.29 is 19.5 Å². The van der Waals surface area contributed by atoms with Crippen LogP contribution in [0.25, 0.3) is 0 Å². The number of carbonyl (C=O) groups excluding carboxylic acids is 1. The van der Waals surface area contributed by atoms with Crippen LogP contribution in [0, 0.1) is 40.9 Å². The smallest absolute Gasteiger partial charge is 0.260 e. The summed E-state index contributed by atoms with van der Waals surface area (Å²) in [6, 6.07) is 10.7. The topological polar surface area (TPSA) is 80.2 Å². The van der Waals surface area contributed by atoms with Crippen LogP contribution in [0.3, 0.4) is 0 Å². The van der Waals surface area contributed by atoms with Crippen LogP contribution in [0.5, 0.6) is 0 Å². The summed E-state index contributed by atoms with van der Waals surface area (Å²) in [5.41, 5.74) is 2.57. The number of fused-ring (bicyclic) bond motifs is 5. The van der Waals surface area contributed by atoms with Crippen molar-refractivity contribution in [2.75, 3.05) is 19.8 Å². The second-order valence-electron chi connectivity index (χ2n) is 15.6. The SMILES string of the molecule is C#C[C@]1(O)CCC2C3CCC4=CC(=NOCC(=O)NCCC5(c6ccccc6)CCOC(C)(C)C5)CC[C@]4(C)C3CC[C@@]21C. The molecule has 2 N–H and O–H groups in total. The number of oxime groups is 1. The molecule has 0 aromatic heterocycles. The summed E-state index contributed by atoms with van der Waals surface area (Å²) in [7, 11) is 0. The number of nitrogens with zero attached hydrogens (tertiary/aromatic N) is 1. The summed E-state index contributed by atoms with van der Waals surface area (Å²) < 4.78 is 6.04. The number of ether oxygens (including phenoxy) is 1. The van der Waals surface area contributed by atoms with Gasteiger partial charge in [-0.15, -0.1) is 6.42 Å². The molecule has 7 atom stereocenters. The minimum Gasteiger partial charge on any atom is -0.385 e. The monoisotopic (exact) mass is 600 g/mol. The Bertz CT molecular complexity index is 1350. The Kier molecular flexibility index (Phi) is 8.29. The summed E-state index contributed by atoms with van der Waals surface area (Å²) >= 11 is 0. The van der Waals surface area contributed by atoms with Gasteiger partial charge in [-0.1, -0.05) is 60.8 Å². The van der Waals surface area contributed by atoms with E-state index in [2.05, 4.69) is 80.5 Å². The maximum absolute atomic E-state index is 12.7. The van der Waals surface area contributed by atoms with E-state index in [1.807, 2.05) is 0 Å². The first kappa shape index (κ1) is 31.4. The standard InChI is InChI=1S/C38H52N2O4/c1-6-38(42)19-16-32-30-13-12-28-24-29(14-17-35(28,4)31(30)15-18-36(32,38)5)40-44-25-33(41)39-22-20-37(27-10-8-7-9-11-27)21-23-43-34(2,3)26-37/h1,7-11,24,30-32,42H,12-23,25-26H2,2-5H3,(H,39,41)/t30?,31?,32?,35-,36-,37?,38-/m0/s1. The van der Waals surface area contributed by atoms with Crippen LogP contribution in [0.15, 0.2) is 47.1 Å². The van der Waals surface area contributed by atoms with Gasteiger partial charge in [0.15, 0.2) is 6.61 Å². The normalized spacial score (nSPS) is 40.1. The third-order valence-corrected chi connectivity index (χ3v) is 12.9. The molecule has 0 radical (unpaired) electrons. The van der Waals surface area contributed by atoms with Gasteiger partial charge in [-0.2, -0.15) is 0 Å². The zero-order valence-electron chi connectivity index (χ0n) is 27.3. The van der Waals surface area contributed by atoms with E-state index >= 15 is 0 Å². The summed E-state index contributed by atoms with van der Waals surface area (Å²) in [6.07, 6.45) is 18.9. The first-order valence-corrected chi connectivity index (χ1v) is 17.0. The van der Waals surface area contributed by atoms with Crippen LogP contribution in [-0.4, -0.2) is 47.7 Å². The largest absolute Gasteiger partial charge is 0.385 e. The lowest BCUT2D eigenvalue weighted by molar-refractivity contribution is -0.125. The van der Waals surface area contributed by atoms with Crippen molar-refractivity contribution in [2.24, 2.45) is 33.7 Å². The highest BCUT2D eigenvalue weighted by molar-refractivity contribution is 5.96. The van der Waals surface area contributed by atoms with Crippen molar-refractivity contribution in [2.45, 2.75) is 115 Å². The predicted octanol–water partition coefficient (Wildman–Crippen LogP) is 6.72. The second kappa shape index (κ2) is 11.6. The quantitative estimate of drug-likeness (QED) is 0.269. The van der Waals surface area contributed by atoms with E-state index in [0.29, 0.717) is 24.3 Å². The molecular formula is C38H52N2O4. The molecule has 4 unspecified atom stereocenters. The molecule has 1 heterocycles. The van der Waals surface area contributed by atoms with Crippen molar-refractivity contribution >= 4 is 11.6 Å². The zero-order chi connectivity index (χ0) is 31.2. The Morgan fingerprint density at radius 3 is 2.59 bits per heavy atom. The van der Waals surface area contributed by atoms with E-state index in [0.717, 1.165) is 82.9 Å². The number of allylic oxidation sites excluding steroid dienone is 2. The van der Waals surface area contributed by atoms with Gasteiger partial charge in [0.25, 0.3) is 5.91 Å². The van der Waals surface area contributed by atoms with E-state index < -0.39 is 5.60 Å². The number of amides is 1. The molecule has 5 aliphatic rings. The van der Waals surface area contributed by atoms with Gasteiger partial charge < -0.3 is 20.0 Å². The van der Waals surface area contributed by atoms with Gasteiger partial charge in [-0.25, -0.2) is 0 Å². The van der Waals surface area contributed by atoms with Crippen LogP contribution in [0.4, 0.5) is 0 Å². The molecule has 0 bridgehead atoms. The first-order chi connectivity index (χ1) is 20.9. The van der Waals surface area contributed by atoms with Gasteiger partial charge in [-0.3, -0.25) is 4.79 Å². The van der Waals surface area contributed by atoms with E-state index in [1.54, 1.807) is 0 Å². The van der Waals surface area contributed by atoms with Gasteiger partial charge >= 0.3 is 0 Å². The molecule has 238 valence electrons. The summed E-state index contributed by atoms with van der Waals surface area (Å²) in [5.74, 6) is 4.39. The van der Waals surface area contributed by atoms with Crippen molar-refractivity contribution in [1.82, 2.24) is 5.32 Å². The third kappa shape index (κ3) is 5.43. The minimum absolute atomic E-state index is 0.0193. The molecule has 4 aliphatic carbocycles. The Labute approximate surface area is 264 Å². The van der Waals surface area contributed by atoms with Crippen molar-refractivity contribution in [1.29, 1.82) is 0 Å². The average molecular weight is 601 g/mol. The van der Waals surface area contributed by atoms with Crippen LogP contribution >= 0.6 is 0 Å². The lowest BCUT2D eigenvalue weighted by Gasteiger charge is -2.58. The van der Waals surface area contributed by atoms with Gasteiger partial charge in [-0.05, 0) is 119 Å². The predicted molar refractivity (Wildman–Crippen MR) is 174 cm³/mol. The highest BCUT2D eigenvalue weighted by Gasteiger charge is 2.63. The molecule has 1 saturated heterocycles. The zero-order valence-corrected chi connectivity index (χ0v) is 27.3. The van der Waals surface area contributed by atoms with Crippen molar-refractivity contribution in [3.8, 4) is 12.3 Å². The molecule has 0 spiro atoms. The lowest BCUT2D eigenvalue weighted by atomic mass is 9.46. The maximum atomic E-state index is 12.7. The number of aliphatic hydroxyl groups is 1. The van der Waals surface area contributed by atoms with E-state index in [4.69, 9.17) is 16.0 Å². The van der Waals surface area contributed by atoms with Crippen LogP contribution < -0.4 is 5.32 Å². The van der Waals surface area contributed by atoms with E-state index in [9.17, 15) is 9.90 Å². The number of hydrogen-bond acceptors (Lipinski definition) is 5. The minimum atomic E-state index is -0.958. The summed E-state index contributed by atoms with van der Waals surface area (Å²) in [4.78, 5) is 18.3. The molecule has 1 amide bonds. The van der Waals surface area contributed by atoms with Crippen LogP contribution in [-0.2, 0) is 19.8 Å².